The maximum absolute atomic E-state index is 13.1. The van der Waals surface area contributed by atoms with Gasteiger partial charge in [0, 0.05) is 11.1 Å². The highest BCUT2D eigenvalue weighted by molar-refractivity contribution is 5.94. The van der Waals surface area contributed by atoms with E-state index in [1.807, 2.05) is 0 Å². The van der Waals surface area contributed by atoms with Crippen LogP contribution in [0.25, 0.3) is 5.57 Å². The Balaban J connectivity index is 1.56. The average molecular weight is 433 g/mol. The zero-order chi connectivity index (χ0) is 22.2. The molecule has 0 fully saturated rings. The first-order valence-electron chi connectivity index (χ1n) is 9.18. The smallest absolute Gasteiger partial charge is 0.394 e. The molecule has 0 spiro atoms. The van der Waals surface area contributed by atoms with E-state index >= 15 is 0 Å². The second-order valence-corrected chi connectivity index (χ2v) is 6.86. The van der Waals surface area contributed by atoms with E-state index in [0.29, 0.717) is 23.1 Å². The zero-order valence-electron chi connectivity index (χ0n) is 15.8. The van der Waals surface area contributed by atoms with Crippen molar-refractivity contribution in [3.8, 4) is 0 Å². The molecule has 0 bridgehead atoms. The fourth-order valence-electron chi connectivity index (χ4n) is 3.23. The van der Waals surface area contributed by atoms with Crippen LogP contribution in [0, 0.1) is 5.82 Å². The molecule has 0 saturated carbocycles. The molecule has 1 amide bonds. The monoisotopic (exact) mass is 433 g/mol. The van der Waals surface area contributed by atoms with E-state index in [4.69, 9.17) is 4.52 Å². The number of rotatable bonds is 5. The predicted molar refractivity (Wildman–Crippen MR) is 100 cm³/mol. The number of aromatic nitrogens is 2. The maximum atomic E-state index is 13.1. The van der Waals surface area contributed by atoms with Crippen LogP contribution in [-0.2, 0) is 12.6 Å². The molecule has 1 aromatic heterocycles. The Morgan fingerprint density at radius 3 is 2.61 bits per heavy atom. The first-order chi connectivity index (χ1) is 14.8. The van der Waals surface area contributed by atoms with Crippen LogP contribution in [0.15, 0.2) is 53.1 Å². The molecule has 1 aliphatic carbocycles. The number of hydrogen-bond donors (Lipinski definition) is 2. The molecule has 2 aromatic carbocycles. The summed E-state index contributed by atoms with van der Waals surface area (Å²) in [5.74, 6) is -1.17. The second kappa shape index (κ2) is 7.95. The number of halogens is 4. The second-order valence-electron chi connectivity index (χ2n) is 6.86. The van der Waals surface area contributed by atoms with Gasteiger partial charge in [0.2, 0.25) is 5.82 Å². The Hall–Kier alpha value is -3.53. The predicted octanol–water partition coefficient (Wildman–Crippen LogP) is 3.68. The minimum atomic E-state index is -4.49. The molecule has 3 aromatic rings. The van der Waals surface area contributed by atoms with Gasteiger partial charge in [0.15, 0.2) is 0 Å². The number of carbonyl (C=O) groups is 1. The summed E-state index contributed by atoms with van der Waals surface area (Å²) in [7, 11) is 0. The lowest BCUT2D eigenvalue weighted by Crippen LogP contribution is -2.31. The van der Waals surface area contributed by atoms with Crippen molar-refractivity contribution in [2.24, 2.45) is 0 Å². The Labute approximate surface area is 173 Å². The standard InChI is InChI=1S/C21H15F4N3O3/c22-14-6-2-12(3-7-14)19(30)26-17(10-29)20-27-18(28-31-20)15-8-4-11-1-5-13(9-16(11)15)21(23,24)25/h1-3,5-9,17,29H,4,10H2,(H,26,30)/t17-/m0/s1. The SMILES string of the molecule is O=C(N[C@@H](CO)c1nc(C2=CCc3ccc(C(F)(F)F)cc32)no1)c1ccc(F)cc1. The summed E-state index contributed by atoms with van der Waals surface area (Å²) in [4.78, 5) is 16.5. The van der Waals surface area contributed by atoms with Crippen LogP contribution >= 0.6 is 0 Å². The van der Waals surface area contributed by atoms with Gasteiger partial charge in [-0.2, -0.15) is 18.2 Å². The Kier molecular flexibility index (Phi) is 5.32. The van der Waals surface area contributed by atoms with Crippen molar-refractivity contribution in [3.63, 3.8) is 0 Å². The third kappa shape index (κ3) is 4.19. The molecule has 0 saturated heterocycles. The lowest BCUT2D eigenvalue weighted by Gasteiger charge is -2.12. The van der Waals surface area contributed by atoms with E-state index in [1.165, 1.54) is 18.2 Å². The van der Waals surface area contributed by atoms with Gasteiger partial charge >= 0.3 is 6.18 Å². The van der Waals surface area contributed by atoms with Crippen LogP contribution in [0.5, 0.6) is 0 Å². The van der Waals surface area contributed by atoms with E-state index in [9.17, 15) is 27.5 Å². The third-order valence-electron chi connectivity index (χ3n) is 4.83. The number of aliphatic hydroxyl groups is 1. The first kappa shape index (κ1) is 20.7. The van der Waals surface area contributed by atoms with Gasteiger partial charge in [0.05, 0.1) is 12.2 Å². The summed E-state index contributed by atoms with van der Waals surface area (Å²) >= 11 is 0. The number of alkyl halides is 3. The number of nitrogens with zero attached hydrogens (tertiary/aromatic N) is 2. The van der Waals surface area contributed by atoms with Gasteiger partial charge in [-0.25, -0.2) is 4.39 Å². The van der Waals surface area contributed by atoms with Crippen LogP contribution in [0.4, 0.5) is 17.6 Å². The number of nitrogens with one attached hydrogen (secondary N) is 1. The molecular weight excluding hydrogens is 418 g/mol. The van der Waals surface area contributed by atoms with Gasteiger partial charge in [-0.05, 0) is 53.9 Å². The Morgan fingerprint density at radius 1 is 1.19 bits per heavy atom. The molecule has 160 valence electrons. The fourth-order valence-corrected chi connectivity index (χ4v) is 3.23. The fraction of sp³-hybridized carbons (Fsp3) is 0.190. The van der Waals surface area contributed by atoms with E-state index in [2.05, 4.69) is 15.5 Å². The maximum Gasteiger partial charge on any atom is 0.416 e. The minimum absolute atomic E-state index is 0.0440. The molecule has 10 heteroatoms. The highest BCUT2D eigenvalue weighted by atomic mass is 19.4. The molecule has 31 heavy (non-hydrogen) atoms. The third-order valence-corrected chi connectivity index (χ3v) is 4.83. The van der Waals surface area contributed by atoms with Crippen molar-refractivity contribution in [2.45, 2.75) is 18.6 Å². The summed E-state index contributed by atoms with van der Waals surface area (Å²) < 4.78 is 57.4. The van der Waals surface area contributed by atoms with Gasteiger partial charge in [-0.15, -0.1) is 0 Å². The Morgan fingerprint density at radius 2 is 1.94 bits per heavy atom. The minimum Gasteiger partial charge on any atom is -0.394 e. The number of aliphatic hydroxyl groups excluding tert-OH is 1. The van der Waals surface area contributed by atoms with Crippen molar-refractivity contribution in [2.75, 3.05) is 6.61 Å². The quantitative estimate of drug-likeness (QED) is 0.600. The van der Waals surface area contributed by atoms with Gasteiger partial charge in [-0.1, -0.05) is 17.3 Å². The molecular formula is C21H15F4N3O3. The molecule has 2 N–H and O–H groups in total. The van der Waals surface area contributed by atoms with E-state index < -0.39 is 36.1 Å². The molecule has 0 aliphatic heterocycles. The normalized spacial score (nSPS) is 14.2. The summed E-state index contributed by atoms with van der Waals surface area (Å²) in [6, 6.07) is 7.19. The van der Waals surface area contributed by atoms with Crippen LogP contribution < -0.4 is 5.32 Å². The molecule has 0 radical (unpaired) electrons. The summed E-state index contributed by atoms with van der Waals surface area (Å²) in [5.41, 5.74) is 0.780. The summed E-state index contributed by atoms with van der Waals surface area (Å²) in [6.45, 7) is -0.567. The highest BCUT2D eigenvalue weighted by Crippen LogP contribution is 2.37. The van der Waals surface area contributed by atoms with Crippen LogP contribution in [0.2, 0.25) is 0 Å². The number of fused-ring (bicyclic) bond motifs is 1. The van der Waals surface area contributed by atoms with Crippen molar-refractivity contribution >= 4 is 11.5 Å². The van der Waals surface area contributed by atoms with Crippen LogP contribution in [0.3, 0.4) is 0 Å². The van der Waals surface area contributed by atoms with E-state index in [0.717, 1.165) is 24.3 Å². The number of carbonyl (C=O) groups excluding carboxylic acids is 1. The van der Waals surface area contributed by atoms with Gasteiger partial charge in [0.1, 0.15) is 11.9 Å². The summed E-state index contributed by atoms with van der Waals surface area (Å²) in [5, 5.41) is 15.9. The van der Waals surface area contributed by atoms with Crippen molar-refractivity contribution in [3.05, 3.63) is 88.3 Å². The van der Waals surface area contributed by atoms with Crippen molar-refractivity contribution in [1.29, 1.82) is 0 Å². The summed E-state index contributed by atoms with van der Waals surface area (Å²) in [6.07, 6.45) is -2.39. The lowest BCUT2D eigenvalue weighted by molar-refractivity contribution is -0.137. The molecule has 1 heterocycles. The van der Waals surface area contributed by atoms with Gasteiger partial charge in [0.25, 0.3) is 11.8 Å². The number of benzene rings is 2. The average Bonchev–Trinajstić information content (AvgIpc) is 3.38. The molecule has 4 rings (SSSR count). The molecule has 1 atom stereocenters. The van der Waals surface area contributed by atoms with E-state index in [1.54, 1.807) is 6.08 Å². The number of amides is 1. The lowest BCUT2D eigenvalue weighted by atomic mass is 10.0. The number of allylic oxidation sites excluding steroid dienone is 1. The van der Waals surface area contributed by atoms with E-state index in [-0.39, 0.29) is 17.3 Å². The number of hydrogen-bond acceptors (Lipinski definition) is 5. The van der Waals surface area contributed by atoms with Crippen LogP contribution in [0.1, 0.15) is 44.8 Å². The first-order valence-corrected chi connectivity index (χ1v) is 9.18. The molecule has 1 aliphatic rings. The largest absolute Gasteiger partial charge is 0.416 e. The van der Waals surface area contributed by atoms with Gasteiger partial charge < -0.3 is 14.9 Å². The highest BCUT2D eigenvalue weighted by Gasteiger charge is 2.33. The molecule has 6 nitrogen and oxygen atoms in total. The van der Waals surface area contributed by atoms with Crippen molar-refractivity contribution < 1.29 is 32.0 Å². The zero-order valence-corrected chi connectivity index (χ0v) is 15.8. The van der Waals surface area contributed by atoms with Gasteiger partial charge in [-0.3, -0.25) is 4.79 Å². The topological polar surface area (TPSA) is 88.2 Å². The van der Waals surface area contributed by atoms with Crippen LogP contribution in [-0.4, -0.2) is 27.8 Å². The molecule has 0 unspecified atom stereocenters. The Bertz CT molecular complexity index is 1150. The van der Waals surface area contributed by atoms with Crippen molar-refractivity contribution in [1.82, 2.24) is 15.5 Å².